The Morgan fingerprint density at radius 1 is 1.40 bits per heavy atom. The van der Waals surface area contributed by atoms with Crippen molar-refractivity contribution in [2.75, 3.05) is 0 Å². The number of hydrogen-bond donors (Lipinski definition) is 3. The normalized spacial score (nSPS) is 12.9. The first kappa shape index (κ1) is 9.85. The van der Waals surface area contributed by atoms with Crippen LogP contribution in [0.1, 0.15) is 30.0 Å². The maximum Gasteiger partial charge on any atom is 0.141 e. The summed E-state index contributed by atoms with van der Waals surface area (Å²) in [6.45, 7) is 4.81. The summed E-state index contributed by atoms with van der Waals surface area (Å²) in [7, 11) is 0. The van der Waals surface area contributed by atoms with E-state index in [-0.39, 0.29) is 6.04 Å². The fourth-order valence-electron chi connectivity index (χ4n) is 1.34. The van der Waals surface area contributed by atoms with E-state index in [1.807, 2.05) is 20.0 Å². The van der Waals surface area contributed by atoms with Crippen LogP contribution in [0.5, 0.6) is 0 Å². The molecule has 15 heavy (non-hydrogen) atoms. The molecule has 0 saturated heterocycles. The van der Waals surface area contributed by atoms with Crippen LogP contribution in [0, 0.1) is 6.92 Å². The molecule has 6 heteroatoms. The van der Waals surface area contributed by atoms with Crippen molar-refractivity contribution in [2.45, 2.75) is 26.4 Å². The van der Waals surface area contributed by atoms with Gasteiger partial charge in [-0.2, -0.15) is 10.2 Å². The lowest BCUT2D eigenvalue weighted by Crippen LogP contribution is -2.19. The van der Waals surface area contributed by atoms with Gasteiger partial charge in [0.2, 0.25) is 0 Å². The molecule has 6 nitrogen and oxygen atoms in total. The quantitative estimate of drug-likeness (QED) is 0.687. The summed E-state index contributed by atoms with van der Waals surface area (Å²) in [5, 5.41) is 16.8. The molecule has 0 aliphatic heterocycles. The maximum absolute atomic E-state index is 4.09. The van der Waals surface area contributed by atoms with Gasteiger partial charge >= 0.3 is 0 Å². The van der Waals surface area contributed by atoms with Crippen molar-refractivity contribution in [3.8, 4) is 0 Å². The fraction of sp³-hybridized carbons (Fsp3) is 0.444. The molecule has 0 bridgehead atoms. The Kier molecular flexibility index (Phi) is 2.77. The Labute approximate surface area is 87.5 Å². The molecule has 3 N–H and O–H groups in total. The third kappa shape index (κ3) is 2.21. The summed E-state index contributed by atoms with van der Waals surface area (Å²) < 4.78 is 0. The van der Waals surface area contributed by atoms with Gasteiger partial charge in [0.1, 0.15) is 12.2 Å². The van der Waals surface area contributed by atoms with Crippen molar-refractivity contribution in [3.05, 3.63) is 29.6 Å². The zero-order valence-electron chi connectivity index (χ0n) is 8.78. The summed E-state index contributed by atoms with van der Waals surface area (Å²) in [5.74, 6) is 0.844. The summed E-state index contributed by atoms with van der Waals surface area (Å²) >= 11 is 0. The van der Waals surface area contributed by atoms with Crippen LogP contribution in [0.3, 0.4) is 0 Å². The van der Waals surface area contributed by atoms with Gasteiger partial charge in [-0.3, -0.25) is 10.2 Å². The Morgan fingerprint density at radius 3 is 2.87 bits per heavy atom. The number of H-pyrrole nitrogens is 2. The van der Waals surface area contributed by atoms with E-state index in [1.54, 1.807) is 0 Å². The second-order valence-corrected chi connectivity index (χ2v) is 3.49. The highest BCUT2D eigenvalue weighted by atomic mass is 15.2. The van der Waals surface area contributed by atoms with Gasteiger partial charge in [0.25, 0.3) is 0 Å². The van der Waals surface area contributed by atoms with Crippen LogP contribution in [-0.4, -0.2) is 25.4 Å². The predicted octanol–water partition coefficient (Wildman–Crippen LogP) is 0.687. The van der Waals surface area contributed by atoms with Crippen molar-refractivity contribution < 1.29 is 0 Å². The Hall–Kier alpha value is -1.69. The zero-order valence-corrected chi connectivity index (χ0v) is 8.78. The van der Waals surface area contributed by atoms with Gasteiger partial charge in [0.05, 0.1) is 12.2 Å². The number of nitrogens with one attached hydrogen (secondary N) is 3. The van der Waals surface area contributed by atoms with Crippen molar-refractivity contribution in [3.63, 3.8) is 0 Å². The van der Waals surface area contributed by atoms with Crippen LogP contribution in [0.2, 0.25) is 0 Å². The van der Waals surface area contributed by atoms with E-state index in [1.165, 1.54) is 11.9 Å². The largest absolute Gasteiger partial charge is 0.303 e. The highest BCUT2D eigenvalue weighted by Gasteiger charge is 2.08. The van der Waals surface area contributed by atoms with Gasteiger partial charge in [0, 0.05) is 17.8 Å². The van der Waals surface area contributed by atoms with Crippen molar-refractivity contribution >= 4 is 0 Å². The Balaban J connectivity index is 1.91. The van der Waals surface area contributed by atoms with E-state index in [4.69, 9.17) is 0 Å². The topological polar surface area (TPSA) is 82.3 Å². The second-order valence-electron chi connectivity index (χ2n) is 3.49. The van der Waals surface area contributed by atoms with E-state index >= 15 is 0 Å². The lowest BCUT2D eigenvalue weighted by atomic mass is 10.2. The molecule has 2 aromatic rings. The van der Waals surface area contributed by atoms with Gasteiger partial charge < -0.3 is 5.32 Å². The van der Waals surface area contributed by atoms with Crippen LogP contribution in [-0.2, 0) is 6.54 Å². The standard InChI is InChI=1S/C9H14N6/c1-6-8(4-12-14-6)3-10-7(2)9-11-5-13-15-9/h4-5,7,10H,3H2,1-2H3,(H,12,14)(H,11,13,15). The third-order valence-corrected chi connectivity index (χ3v) is 2.38. The first-order chi connectivity index (χ1) is 7.27. The first-order valence-corrected chi connectivity index (χ1v) is 4.85. The lowest BCUT2D eigenvalue weighted by molar-refractivity contribution is 0.547. The van der Waals surface area contributed by atoms with E-state index in [2.05, 4.69) is 30.7 Å². The molecule has 0 aliphatic rings. The minimum Gasteiger partial charge on any atom is -0.303 e. The Bertz CT molecular complexity index is 404. The number of aryl methyl sites for hydroxylation is 1. The number of hydrogen-bond acceptors (Lipinski definition) is 4. The zero-order chi connectivity index (χ0) is 10.7. The monoisotopic (exact) mass is 206 g/mol. The predicted molar refractivity (Wildman–Crippen MR) is 55.0 cm³/mol. The molecule has 0 spiro atoms. The van der Waals surface area contributed by atoms with Crippen LogP contribution in [0.15, 0.2) is 12.5 Å². The minimum atomic E-state index is 0.154. The van der Waals surface area contributed by atoms with Gasteiger partial charge in [-0.05, 0) is 13.8 Å². The van der Waals surface area contributed by atoms with E-state index < -0.39 is 0 Å². The van der Waals surface area contributed by atoms with Gasteiger partial charge in [-0.1, -0.05) is 0 Å². The van der Waals surface area contributed by atoms with Crippen molar-refractivity contribution in [2.24, 2.45) is 0 Å². The highest BCUT2D eigenvalue weighted by Crippen LogP contribution is 2.07. The number of aromatic nitrogens is 5. The van der Waals surface area contributed by atoms with Gasteiger partial charge in [0.15, 0.2) is 0 Å². The molecule has 80 valence electrons. The number of aromatic amines is 2. The number of nitrogens with zero attached hydrogens (tertiary/aromatic N) is 3. The molecule has 0 aromatic carbocycles. The molecule has 0 amide bonds. The minimum absolute atomic E-state index is 0.154. The summed E-state index contributed by atoms with van der Waals surface area (Å²) in [4.78, 5) is 4.09. The molecule has 0 saturated carbocycles. The SMILES string of the molecule is Cc1[nH]ncc1CNC(C)c1ncn[nH]1. The fourth-order valence-corrected chi connectivity index (χ4v) is 1.34. The molecule has 1 unspecified atom stereocenters. The molecular weight excluding hydrogens is 192 g/mol. The lowest BCUT2D eigenvalue weighted by Gasteiger charge is -2.09. The maximum atomic E-state index is 4.09. The van der Waals surface area contributed by atoms with Gasteiger partial charge in [-0.25, -0.2) is 4.98 Å². The average Bonchev–Trinajstić information content (AvgIpc) is 2.85. The third-order valence-electron chi connectivity index (χ3n) is 2.38. The summed E-state index contributed by atoms with van der Waals surface area (Å²) in [6.07, 6.45) is 3.34. The second kappa shape index (κ2) is 4.22. The van der Waals surface area contributed by atoms with Crippen LogP contribution in [0.4, 0.5) is 0 Å². The number of rotatable bonds is 4. The van der Waals surface area contributed by atoms with Crippen LogP contribution < -0.4 is 5.32 Å². The first-order valence-electron chi connectivity index (χ1n) is 4.85. The molecule has 2 rings (SSSR count). The van der Waals surface area contributed by atoms with Gasteiger partial charge in [-0.15, -0.1) is 0 Å². The molecule has 2 heterocycles. The molecular formula is C9H14N6. The van der Waals surface area contributed by atoms with Crippen molar-refractivity contribution in [1.29, 1.82) is 0 Å². The molecule has 1 atom stereocenters. The Morgan fingerprint density at radius 2 is 2.27 bits per heavy atom. The molecule has 2 aromatic heterocycles. The molecule has 0 fully saturated rings. The summed E-state index contributed by atoms with van der Waals surface area (Å²) in [6, 6.07) is 0.154. The molecule has 0 aliphatic carbocycles. The van der Waals surface area contributed by atoms with E-state index in [0.717, 1.165) is 18.1 Å². The van der Waals surface area contributed by atoms with Crippen LogP contribution >= 0.6 is 0 Å². The smallest absolute Gasteiger partial charge is 0.141 e. The van der Waals surface area contributed by atoms with E-state index in [0.29, 0.717) is 0 Å². The van der Waals surface area contributed by atoms with Crippen molar-refractivity contribution in [1.82, 2.24) is 30.7 Å². The molecule has 0 radical (unpaired) electrons. The van der Waals surface area contributed by atoms with E-state index in [9.17, 15) is 0 Å². The average molecular weight is 206 g/mol. The van der Waals surface area contributed by atoms with Crippen LogP contribution in [0.25, 0.3) is 0 Å². The highest BCUT2D eigenvalue weighted by molar-refractivity contribution is 5.14. The summed E-state index contributed by atoms with van der Waals surface area (Å²) in [5.41, 5.74) is 2.26.